The number of para-hydroxylation sites is 1. The van der Waals surface area contributed by atoms with Crippen LogP contribution in [-0.4, -0.2) is 27.2 Å². The second-order valence-corrected chi connectivity index (χ2v) is 7.69. The van der Waals surface area contributed by atoms with Crippen LogP contribution < -0.4 is 10.1 Å². The van der Waals surface area contributed by atoms with Crippen LogP contribution in [0.5, 0.6) is 5.75 Å². The van der Waals surface area contributed by atoms with Gasteiger partial charge in [-0.2, -0.15) is 10.1 Å². The molecule has 2 aliphatic rings. The molecule has 0 saturated carbocycles. The van der Waals surface area contributed by atoms with Gasteiger partial charge in [0.1, 0.15) is 17.9 Å². The highest BCUT2D eigenvalue weighted by Crippen LogP contribution is 2.46. The molecule has 0 amide bonds. The molecule has 6 nitrogen and oxygen atoms in total. The second kappa shape index (κ2) is 6.27. The monoisotopic (exact) mass is 352 g/mol. The largest absolute Gasteiger partial charge is 0.493 e. The summed E-state index contributed by atoms with van der Waals surface area (Å²) in [7, 11) is 0. The SMILES string of the molecule is CCCOc1ccccc1[C@@H]1[C@H]2C(=O)CC(C)(C)C=C2Nc2ncnn21. The van der Waals surface area contributed by atoms with Crippen LogP contribution in [0.15, 0.2) is 42.4 Å². The summed E-state index contributed by atoms with van der Waals surface area (Å²) in [5.41, 5.74) is 1.72. The van der Waals surface area contributed by atoms with Crippen molar-refractivity contribution < 1.29 is 9.53 Å². The lowest BCUT2D eigenvalue weighted by molar-refractivity contribution is -0.125. The third kappa shape index (κ3) is 2.79. The van der Waals surface area contributed by atoms with E-state index in [0.29, 0.717) is 19.0 Å². The first-order chi connectivity index (χ1) is 12.5. The Hall–Kier alpha value is -2.63. The fraction of sp³-hybridized carbons (Fsp3) is 0.450. The number of hydrogen-bond acceptors (Lipinski definition) is 5. The number of carbonyl (C=O) groups excluding carboxylic acids is 1. The Labute approximate surface area is 153 Å². The van der Waals surface area contributed by atoms with Gasteiger partial charge in [0, 0.05) is 17.7 Å². The average molecular weight is 352 g/mol. The van der Waals surface area contributed by atoms with Crippen molar-refractivity contribution >= 4 is 11.7 Å². The fourth-order valence-corrected chi connectivity index (χ4v) is 3.95. The lowest BCUT2D eigenvalue weighted by atomic mass is 9.72. The first-order valence-electron chi connectivity index (χ1n) is 9.14. The highest BCUT2D eigenvalue weighted by atomic mass is 16.5. The van der Waals surface area contributed by atoms with E-state index in [4.69, 9.17) is 4.74 Å². The van der Waals surface area contributed by atoms with E-state index in [9.17, 15) is 4.79 Å². The van der Waals surface area contributed by atoms with E-state index in [1.54, 1.807) is 0 Å². The normalized spacial score (nSPS) is 23.5. The number of carbonyl (C=O) groups is 1. The Morgan fingerprint density at radius 1 is 1.35 bits per heavy atom. The number of ketones is 1. The van der Waals surface area contributed by atoms with Crippen LogP contribution >= 0.6 is 0 Å². The van der Waals surface area contributed by atoms with Gasteiger partial charge in [0.25, 0.3) is 0 Å². The highest BCUT2D eigenvalue weighted by molar-refractivity contribution is 5.88. The van der Waals surface area contributed by atoms with Crippen LogP contribution in [0.4, 0.5) is 5.95 Å². The molecule has 0 bridgehead atoms. The van der Waals surface area contributed by atoms with Crippen molar-refractivity contribution in [3.05, 3.63) is 47.9 Å². The van der Waals surface area contributed by atoms with Gasteiger partial charge >= 0.3 is 0 Å². The maximum absolute atomic E-state index is 13.1. The summed E-state index contributed by atoms with van der Waals surface area (Å²) in [6, 6.07) is 7.67. The van der Waals surface area contributed by atoms with E-state index < -0.39 is 0 Å². The lowest BCUT2D eigenvalue weighted by Crippen LogP contribution is -2.42. The van der Waals surface area contributed by atoms with E-state index in [1.807, 2.05) is 28.9 Å². The predicted octanol–water partition coefficient (Wildman–Crippen LogP) is 3.58. The third-order valence-corrected chi connectivity index (χ3v) is 4.97. The number of Topliss-reactive ketones (excluding diaryl/α,β-unsaturated/α-hetero) is 1. The number of allylic oxidation sites excluding steroid dienone is 2. The summed E-state index contributed by atoms with van der Waals surface area (Å²) in [5.74, 6) is 1.38. The third-order valence-electron chi connectivity index (χ3n) is 4.97. The zero-order valence-corrected chi connectivity index (χ0v) is 15.4. The number of fused-ring (bicyclic) bond motifs is 2. The van der Waals surface area contributed by atoms with Crippen molar-refractivity contribution in [3.8, 4) is 5.75 Å². The number of rotatable bonds is 4. The topological polar surface area (TPSA) is 69.0 Å². The number of benzene rings is 1. The number of ether oxygens (including phenoxy) is 1. The van der Waals surface area contributed by atoms with Gasteiger partial charge in [-0.05, 0) is 17.9 Å². The molecular formula is C20H24N4O2. The Kier molecular flexibility index (Phi) is 4.05. The van der Waals surface area contributed by atoms with E-state index >= 15 is 0 Å². The summed E-state index contributed by atoms with van der Waals surface area (Å²) in [5, 5.41) is 7.72. The van der Waals surface area contributed by atoms with Gasteiger partial charge in [0.15, 0.2) is 0 Å². The van der Waals surface area contributed by atoms with Crippen molar-refractivity contribution in [2.24, 2.45) is 11.3 Å². The van der Waals surface area contributed by atoms with E-state index in [1.165, 1.54) is 6.33 Å². The zero-order valence-electron chi connectivity index (χ0n) is 15.4. The summed E-state index contributed by atoms with van der Waals surface area (Å²) in [4.78, 5) is 17.4. The molecule has 2 atom stereocenters. The van der Waals surface area contributed by atoms with Gasteiger partial charge in [-0.25, -0.2) is 4.68 Å². The van der Waals surface area contributed by atoms with Gasteiger partial charge in [0.05, 0.1) is 18.6 Å². The fourth-order valence-electron chi connectivity index (χ4n) is 3.95. The Balaban J connectivity index is 1.86. The maximum Gasteiger partial charge on any atom is 0.226 e. The van der Waals surface area contributed by atoms with Crippen LogP contribution in [0, 0.1) is 11.3 Å². The quantitative estimate of drug-likeness (QED) is 0.911. The van der Waals surface area contributed by atoms with Crippen LogP contribution in [0.3, 0.4) is 0 Å². The van der Waals surface area contributed by atoms with E-state index in [2.05, 4.69) is 42.2 Å². The van der Waals surface area contributed by atoms with Crippen LogP contribution in [-0.2, 0) is 4.79 Å². The van der Waals surface area contributed by atoms with Crippen molar-refractivity contribution in [1.82, 2.24) is 14.8 Å². The van der Waals surface area contributed by atoms with Crippen LogP contribution in [0.1, 0.15) is 45.2 Å². The van der Waals surface area contributed by atoms with Gasteiger partial charge in [-0.1, -0.05) is 45.0 Å². The molecule has 0 saturated heterocycles. The van der Waals surface area contributed by atoms with Gasteiger partial charge in [-0.3, -0.25) is 4.79 Å². The molecule has 2 aromatic rings. The molecule has 1 aliphatic heterocycles. The Morgan fingerprint density at radius 3 is 2.96 bits per heavy atom. The maximum atomic E-state index is 13.1. The summed E-state index contributed by atoms with van der Waals surface area (Å²) >= 11 is 0. The molecule has 26 heavy (non-hydrogen) atoms. The number of nitrogens with one attached hydrogen (secondary N) is 1. The first-order valence-corrected chi connectivity index (χ1v) is 9.14. The van der Waals surface area contributed by atoms with E-state index in [-0.39, 0.29) is 23.2 Å². The first kappa shape index (κ1) is 16.8. The van der Waals surface area contributed by atoms with Crippen LogP contribution in [0.2, 0.25) is 0 Å². The van der Waals surface area contributed by atoms with Crippen molar-refractivity contribution in [2.45, 2.75) is 39.7 Å². The highest BCUT2D eigenvalue weighted by Gasteiger charge is 2.45. The Morgan fingerprint density at radius 2 is 2.15 bits per heavy atom. The smallest absolute Gasteiger partial charge is 0.226 e. The molecule has 0 fully saturated rings. The minimum absolute atomic E-state index is 0.166. The number of nitrogens with zero attached hydrogens (tertiary/aromatic N) is 3. The lowest BCUT2D eigenvalue weighted by Gasteiger charge is -2.40. The molecule has 136 valence electrons. The zero-order chi connectivity index (χ0) is 18.3. The van der Waals surface area contributed by atoms with Crippen molar-refractivity contribution in [3.63, 3.8) is 0 Å². The standard InChI is InChI=1S/C20H24N4O2/c1-4-9-26-16-8-6-5-7-13(16)18-17-14(10-20(2,3)11-15(17)25)23-19-21-12-22-24(18)19/h5-8,10,12,17-18H,4,9,11H2,1-3H3,(H,21,22,23)/t17-,18-/m1/s1. The molecular weight excluding hydrogens is 328 g/mol. The number of aromatic nitrogens is 3. The average Bonchev–Trinajstić information content (AvgIpc) is 3.05. The molecule has 4 rings (SSSR count). The summed E-state index contributed by atoms with van der Waals surface area (Å²) < 4.78 is 7.79. The van der Waals surface area contributed by atoms with Gasteiger partial charge in [0.2, 0.25) is 5.95 Å². The molecule has 1 aromatic heterocycles. The molecule has 0 spiro atoms. The minimum atomic E-state index is -0.302. The molecule has 1 aromatic carbocycles. The van der Waals surface area contributed by atoms with E-state index in [0.717, 1.165) is 23.4 Å². The van der Waals surface area contributed by atoms with Crippen LogP contribution in [0.25, 0.3) is 0 Å². The molecule has 1 N–H and O–H groups in total. The van der Waals surface area contributed by atoms with Crippen molar-refractivity contribution in [1.29, 1.82) is 0 Å². The number of anilines is 1. The Bertz CT molecular complexity index is 868. The summed E-state index contributed by atoms with van der Waals surface area (Å²) in [6.07, 6.45) is 5.14. The predicted molar refractivity (Wildman–Crippen MR) is 99.0 cm³/mol. The minimum Gasteiger partial charge on any atom is -0.493 e. The van der Waals surface area contributed by atoms with Gasteiger partial charge in [-0.15, -0.1) is 0 Å². The van der Waals surface area contributed by atoms with Gasteiger partial charge < -0.3 is 10.1 Å². The molecule has 2 heterocycles. The molecule has 0 unspecified atom stereocenters. The second-order valence-electron chi connectivity index (χ2n) is 7.69. The molecule has 1 aliphatic carbocycles. The van der Waals surface area contributed by atoms with Crippen molar-refractivity contribution in [2.75, 3.05) is 11.9 Å². The molecule has 0 radical (unpaired) electrons. The number of hydrogen-bond donors (Lipinski definition) is 1. The summed E-state index contributed by atoms with van der Waals surface area (Å²) in [6.45, 7) is 6.89. The molecule has 6 heteroatoms.